The van der Waals surface area contributed by atoms with Gasteiger partial charge in [0.25, 0.3) is 0 Å². The number of rotatable bonds is 3. The molecule has 1 N–H and O–H groups in total. The van der Waals surface area contributed by atoms with Crippen LogP contribution in [0.4, 0.5) is 0 Å². The molecule has 1 aromatic rings. The number of fused-ring (bicyclic) bond motifs is 1. The van der Waals surface area contributed by atoms with Crippen LogP contribution in [0.5, 0.6) is 11.5 Å². The zero-order chi connectivity index (χ0) is 13.3. The Labute approximate surface area is 104 Å². The van der Waals surface area contributed by atoms with Crippen molar-refractivity contribution in [2.24, 2.45) is 5.92 Å². The summed E-state index contributed by atoms with van der Waals surface area (Å²) >= 11 is 0. The fraction of sp³-hybridized carbons (Fsp3) is 0.385. The first-order valence-corrected chi connectivity index (χ1v) is 5.57. The fourth-order valence-electron chi connectivity index (χ4n) is 2.24. The Balaban J connectivity index is 2.51. The molecule has 18 heavy (non-hydrogen) atoms. The molecule has 0 aliphatic heterocycles. The SMILES string of the molecule is COc1cc2c(c(OC)c1)C(=O)CC(C(=O)O)C2. The summed E-state index contributed by atoms with van der Waals surface area (Å²) in [6.07, 6.45) is 0.342. The van der Waals surface area contributed by atoms with Crippen molar-refractivity contribution in [3.8, 4) is 11.5 Å². The highest BCUT2D eigenvalue weighted by Crippen LogP contribution is 2.35. The summed E-state index contributed by atoms with van der Waals surface area (Å²) in [5.74, 6) is -0.802. The lowest BCUT2D eigenvalue weighted by atomic mass is 9.82. The molecule has 1 aliphatic rings. The van der Waals surface area contributed by atoms with E-state index in [1.54, 1.807) is 12.1 Å². The van der Waals surface area contributed by atoms with Gasteiger partial charge in [0.1, 0.15) is 11.5 Å². The fourth-order valence-corrected chi connectivity index (χ4v) is 2.24. The number of carboxylic acid groups (broad SMARTS) is 1. The average molecular weight is 250 g/mol. The maximum absolute atomic E-state index is 12.0. The Hall–Kier alpha value is -2.04. The number of hydrogen-bond acceptors (Lipinski definition) is 4. The van der Waals surface area contributed by atoms with Gasteiger partial charge in [0.05, 0.1) is 25.7 Å². The van der Waals surface area contributed by atoms with Gasteiger partial charge in [-0.1, -0.05) is 0 Å². The molecule has 0 saturated heterocycles. The van der Waals surface area contributed by atoms with E-state index in [-0.39, 0.29) is 12.2 Å². The highest BCUT2D eigenvalue weighted by atomic mass is 16.5. The molecule has 96 valence electrons. The van der Waals surface area contributed by atoms with E-state index in [1.165, 1.54) is 14.2 Å². The van der Waals surface area contributed by atoms with Crippen LogP contribution in [0.2, 0.25) is 0 Å². The molecule has 1 atom stereocenters. The summed E-state index contributed by atoms with van der Waals surface area (Å²) in [6.45, 7) is 0. The second kappa shape index (κ2) is 4.68. The van der Waals surface area contributed by atoms with Crippen molar-refractivity contribution in [2.75, 3.05) is 14.2 Å². The van der Waals surface area contributed by atoms with Crippen LogP contribution < -0.4 is 9.47 Å². The van der Waals surface area contributed by atoms with Crippen LogP contribution in [0.25, 0.3) is 0 Å². The normalized spacial score (nSPS) is 18.1. The minimum atomic E-state index is -0.948. The Kier molecular flexibility index (Phi) is 3.23. The van der Waals surface area contributed by atoms with Gasteiger partial charge < -0.3 is 14.6 Å². The summed E-state index contributed by atoms with van der Waals surface area (Å²) in [5, 5.41) is 9.02. The first kappa shape index (κ1) is 12.4. The number of Topliss-reactive ketones (excluding diaryl/α,β-unsaturated/α-hetero) is 1. The summed E-state index contributed by atoms with van der Waals surface area (Å²) in [7, 11) is 2.99. The molecule has 0 aromatic heterocycles. The Morgan fingerprint density at radius 3 is 2.56 bits per heavy atom. The van der Waals surface area contributed by atoms with Crippen molar-refractivity contribution in [1.29, 1.82) is 0 Å². The molecule has 0 amide bonds. The van der Waals surface area contributed by atoms with Gasteiger partial charge in [-0.15, -0.1) is 0 Å². The van der Waals surface area contributed by atoms with E-state index < -0.39 is 11.9 Å². The number of methoxy groups -OCH3 is 2. The van der Waals surface area contributed by atoms with Crippen molar-refractivity contribution in [3.63, 3.8) is 0 Å². The number of carbonyl (C=O) groups is 2. The van der Waals surface area contributed by atoms with Crippen molar-refractivity contribution in [1.82, 2.24) is 0 Å². The molecule has 1 aromatic carbocycles. The third kappa shape index (κ3) is 2.03. The van der Waals surface area contributed by atoms with Crippen LogP contribution in [-0.2, 0) is 11.2 Å². The monoisotopic (exact) mass is 250 g/mol. The lowest BCUT2D eigenvalue weighted by Gasteiger charge is -2.23. The Morgan fingerprint density at radius 2 is 2.00 bits per heavy atom. The van der Waals surface area contributed by atoms with Crippen LogP contribution in [0.15, 0.2) is 12.1 Å². The third-order valence-corrected chi connectivity index (χ3v) is 3.14. The molecule has 0 heterocycles. The lowest BCUT2D eigenvalue weighted by Crippen LogP contribution is -2.26. The molecule has 0 spiro atoms. The zero-order valence-corrected chi connectivity index (χ0v) is 10.2. The third-order valence-electron chi connectivity index (χ3n) is 3.14. The van der Waals surface area contributed by atoms with E-state index in [1.807, 2.05) is 0 Å². The van der Waals surface area contributed by atoms with Gasteiger partial charge in [0.15, 0.2) is 5.78 Å². The van der Waals surface area contributed by atoms with Crippen LogP contribution >= 0.6 is 0 Å². The molecule has 5 heteroatoms. The maximum atomic E-state index is 12.0. The van der Waals surface area contributed by atoms with Crippen LogP contribution in [0.1, 0.15) is 22.3 Å². The van der Waals surface area contributed by atoms with E-state index in [9.17, 15) is 9.59 Å². The molecule has 0 bridgehead atoms. The number of carboxylic acids is 1. The highest BCUT2D eigenvalue weighted by Gasteiger charge is 2.32. The molecular weight excluding hydrogens is 236 g/mol. The first-order chi connectivity index (χ1) is 8.56. The predicted molar refractivity (Wildman–Crippen MR) is 63.3 cm³/mol. The number of ketones is 1. The second-order valence-electron chi connectivity index (χ2n) is 4.23. The van der Waals surface area contributed by atoms with Crippen molar-refractivity contribution >= 4 is 11.8 Å². The molecule has 0 radical (unpaired) electrons. The van der Waals surface area contributed by atoms with E-state index >= 15 is 0 Å². The van der Waals surface area contributed by atoms with Gasteiger partial charge in [-0.3, -0.25) is 9.59 Å². The molecule has 1 aliphatic carbocycles. The van der Waals surface area contributed by atoms with Crippen LogP contribution in [0, 0.1) is 5.92 Å². The van der Waals surface area contributed by atoms with Crippen molar-refractivity contribution in [2.45, 2.75) is 12.8 Å². The predicted octanol–water partition coefficient (Wildman–Crippen LogP) is 1.53. The standard InChI is InChI=1S/C13H14O5/c1-17-9-4-7-3-8(13(15)16)5-10(14)12(7)11(6-9)18-2/h4,6,8H,3,5H2,1-2H3,(H,15,16). The Bertz CT molecular complexity index is 506. The van der Waals surface area contributed by atoms with Gasteiger partial charge in [0, 0.05) is 12.5 Å². The topological polar surface area (TPSA) is 72.8 Å². The number of benzene rings is 1. The van der Waals surface area contributed by atoms with Crippen molar-refractivity contribution in [3.05, 3.63) is 23.3 Å². The lowest BCUT2D eigenvalue weighted by molar-refractivity contribution is -0.141. The quantitative estimate of drug-likeness (QED) is 0.880. The number of hydrogen-bond donors (Lipinski definition) is 1. The first-order valence-electron chi connectivity index (χ1n) is 5.57. The number of ether oxygens (including phenoxy) is 2. The maximum Gasteiger partial charge on any atom is 0.307 e. The summed E-state index contributed by atoms with van der Waals surface area (Å²) in [6, 6.07) is 3.34. The molecular formula is C13H14O5. The van der Waals surface area contributed by atoms with E-state index in [0.29, 0.717) is 29.0 Å². The van der Waals surface area contributed by atoms with E-state index in [4.69, 9.17) is 14.6 Å². The zero-order valence-electron chi connectivity index (χ0n) is 10.2. The van der Waals surface area contributed by atoms with Gasteiger partial charge in [0.2, 0.25) is 0 Å². The van der Waals surface area contributed by atoms with Crippen molar-refractivity contribution < 1.29 is 24.2 Å². The van der Waals surface area contributed by atoms with Gasteiger partial charge in [-0.05, 0) is 18.1 Å². The molecule has 2 rings (SSSR count). The summed E-state index contributed by atoms with van der Waals surface area (Å²) in [5.41, 5.74) is 1.16. The average Bonchev–Trinajstić information content (AvgIpc) is 2.36. The molecule has 0 fully saturated rings. The molecule has 0 saturated carbocycles. The number of aliphatic carboxylic acids is 1. The molecule has 1 unspecified atom stereocenters. The summed E-state index contributed by atoms with van der Waals surface area (Å²) < 4.78 is 10.3. The Morgan fingerprint density at radius 1 is 1.28 bits per heavy atom. The highest BCUT2D eigenvalue weighted by molar-refractivity contribution is 6.03. The van der Waals surface area contributed by atoms with E-state index in [2.05, 4.69) is 0 Å². The van der Waals surface area contributed by atoms with Gasteiger partial charge >= 0.3 is 5.97 Å². The smallest absolute Gasteiger partial charge is 0.307 e. The van der Waals surface area contributed by atoms with E-state index in [0.717, 1.165) is 0 Å². The van der Waals surface area contributed by atoms with Crippen LogP contribution in [0.3, 0.4) is 0 Å². The second-order valence-corrected chi connectivity index (χ2v) is 4.23. The van der Waals surface area contributed by atoms with Gasteiger partial charge in [-0.25, -0.2) is 0 Å². The largest absolute Gasteiger partial charge is 0.497 e. The number of carbonyl (C=O) groups excluding carboxylic acids is 1. The molecule has 5 nitrogen and oxygen atoms in total. The van der Waals surface area contributed by atoms with Crippen LogP contribution in [-0.4, -0.2) is 31.1 Å². The van der Waals surface area contributed by atoms with Gasteiger partial charge in [-0.2, -0.15) is 0 Å². The summed E-state index contributed by atoms with van der Waals surface area (Å²) in [4.78, 5) is 23.0. The minimum absolute atomic E-state index is 0.0189. The minimum Gasteiger partial charge on any atom is -0.497 e.